The molecule has 1 aliphatic carbocycles. The number of hydrogen-bond acceptors (Lipinski definition) is 3. The van der Waals surface area contributed by atoms with Crippen LogP contribution >= 0.6 is 0 Å². The largest absolute Gasteiger partial charge is 0.456 e. The zero-order valence-electron chi connectivity index (χ0n) is 32.2. The molecule has 0 unspecified atom stereocenters. The van der Waals surface area contributed by atoms with Gasteiger partial charge in [0.05, 0.1) is 11.4 Å². The quantitative estimate of drug-likeness (QED) is 0.176. The van der Waals surface area contributed by atoms with Crippen LogP contribution < -0.4 is 4.90 Å². The van der Waals surface area contributed by atoms with Crippen molar-refractivity contribution in [2.24, 2.45) is 0 Å². The van der Waals surface area contributed by atoms with Crippen LogP contribution in [0, 0.1) is 0 Å². The Kier molecular flexibility index (Phi) is 6.98. The van der Waals surface area contributed by atoms with Crippen molar-refractivity contribution in [3.8, 4) is 33.4 Å². The van der Waals surface area contributed by atoms with Crippen LogP contribution in [-0.4, -0.2) is 0 Å². The first kappa shape index (κ1) is 32.8. The van der Waals surface area contributed by atoms with E-state index < -0.39 is 0 Å². The van der Waals surface area contributed by atoms with E-state index in [0.717, 1.165) is 72.1 Å². The van der Waals surface area contributed by atoms with Gasteiger partial charge in [-0.2, -0.15) is 0 Å². The number of fused-ring (bicyclic) bond motifs is 11. The average molecular weight is 744 g/mol. The summed E-state index contributed by atoms with van der Waals surface area (Å²) in [6.45, 7) is 4.70. The van der Waals surface area contributed by atoms with Gasteiger partial charge in [0, 0.05) is 43.6 Å². The predicted molar refractivity (Wildman–Crippen MR) is 242 cm³/mol. The first-order valence-corrected chi connectivity index (χ1v) is 20.0. The molecule has 0 atom stereocenters. The molecule has 0 spiro atoms. The van der Waals surface area contributed by atoms with Gasteiger partial charge >= 0.3 is 0 Å². The average Bonchev–Trinajstić information content (AvgIpc) is 3.91. The molecule has 0 saturated heterocycles. The third-order valence-electron chi connectivity index (χ3n) is 12.5. The Morgan fingerprint density at radius 1 is 0.414 bits per heavy atom. The van der Waals surface area contributed by atoms with Crippen molar-refractivity contribution >= 4 is 71.7 Å². The molecule has 0 amide bonds. The van der Waals surface area contributed by atoms with E-state index in [2.05, 4.69) is 189 Å². The molecular formula is C55H37NO2. The molecule has 3 nitrogen and oxygen atoms in total. The number of para-hydroxylation sites is 1. The molecule has 58 heavy (non-hydrogen) atoms. The van der Waals surface area contributed by atoms with Crippen LogP contribution in [0.4, 0.5) is 17.1 Å². The van der Waals surface area contributed by atoms with Crippen molar-refractivity contribution in [3.05, 3.63) is 199 Å². The highest BCUT2D eigenvalue weighted by Gasteiger charge is 2.36. The maximum atomic E-state index is 7.11. The molecule has 0 aliphatic heterocycles. The number of anilines is 3. The molecule has 0 radical (unpaired) electrons. The van der Waals surface area contributed by atoms with Crippen molar-refractivity contribution in [2.45, 2.75) is 19.3 Å². The maximum absolute atomic E-state index is 7.11. The zero-order valence-corrected chi connectivity index (χ0v) is 32.2. The molecule has 3 heteroatoms. The molecule has 1 aliphatic rings. The van der Waals surface area contributed by atoms with E-state index in [0.29, 0.717) is 0 Å². The molecule has 0 N–H and O–H groups in total. The summed E-state index contributed by atoms with van der Waals surface area (Å²) in [6, 6.07) is 67.7. The van der Waals surface area contributed by atoms with Crippen molar-refractivity contribution in [3.63, 3.8) is 0 Å². The summed E-state index contributed by atoms with van der Waals surface area (Å²) in [5, 5.41) is 6.65. The van der Waals surface area contributed by atoms with Crippen LogP contribution in [0.1, 0.15) is 25.0 Å². The first-order chi connectivity index (χ1) is 28.5. The Balaban J connectivity index is 1.18. The second kappa shape index (κ2) is 12.3. The molecule has 12 rings (SSSR count). The zero-order chi connectivity index (χ0) is 38.5. The van der Waals surface area contributed by atoms with Crippen molar-refractivity contribution < 1.29 is 8.83 Å². The van der Waals surface area contributed by atoms with Crippen LogP contribution in [0.3, 0.4) is 0 Å². The van der Waals surface area contributed by atoms with Crippen LogP contribution in [0.15, 0.2) is 197 Å². The van der Waals surface area contributed by atoms with Crippen molar-refractivity contribution in [2.75, 3.05) is 4.90 Å². The van der Waals surface area contributed by atoms with Gasteiger partial charge in [-0.05, 0) is 92.9 Å². The third kappa shape index (κ3) is 4.74. The highest BCUT2D eigenvalue weighted by molar-refractivity contribution is 6.27. The molecule has 0 bridgehead atoms. The molecule has 0 fully saturated rings. The second-order valence-corrected chi connectivity index (χ2v) is 16.0. The molecule has 9 aromatic carbocycles. The Bertz CT molecular complexity index is 3420. The fourth-order valence-electron chi connectivity index (χ4n) is 9.70. The van der Waals surface area contributed by atoms with Gasteiger partial charge in [0.25, 0.3) is 0 Å². The van der Waals surface area contributed by atoms with E-state index in [9.17, 15) is 0 Å². The van der Waals surface area contributed by atoms with Gasteiger partial charge in [-0.1, -0.05) is 153 Å². The van der Waals surface area contributed by atoms with Gasteiger partial charge in [-0.3, -0.25) is 0 Å². The molecule has 11 aromatic rings. The summed E-state index contributed by atoms with van der Waals surface area (Å²) in [4.78, 5) is 2.46. The Labute approximate surface area is 336 Å². The van der Waals surface area contributed by atoms with E-state index >= 15 is 0 Å². The highest BCUT2D eigenvalue weighted by Crippen LogP contribution is 2.53. The summed E-state index contributed by atoms with van der Waals surface area (Å²) in [6.07, 6.45) is 0. The van der Waals surface area contributed by atoms with Crippen molar-refractivity contribution in [1.29, 1.82) is 0 Å². The fraction of sp³-hybridized carbons (Fsp3) is 0.0545. The number of benzene rings is 9. The summed E-state index contributed by atoms with van der Waals surface area (Å²) in [5.74, 6) is 0. The number of hydrogen-bond donors (Lipinski definition) is 0. The summed E-state index contributed by atoms with van der Waals surface area (Å²) >= 11 is 0. The van der Waals surface area contributed by atoms with Gasteiger partial charge in [0.1, 0.15) is 22.3 Å². The number of rotatable bonds is 5. The Morgan fingerprint density at radius 3 is 1.93 bits per heavy atom. The first-order valence-electron chi connectivity index (χ1n) is 20.0. The van der Waals surface area contributed by atoms with Crippen LogP contribution in [-0.2, 0) is 5.41 Å². The Hall–Kier alpha value is -7.36. The topological polar surface area (TPSA) is 29.5 Å². The van der Waals surface area contributed by atoms with Gasteiger partial charge in [0.15, 0.2) is 0 Å². The lowest BCUT2D eigenvalue weighted by atomic mass is 9.82. The standard InChI is InChI=1S/C55H37NO2/c1-55(2)44-20-10-8-18-40(44)41-28-27-38(33-45(41)55)56(46-21-12-16-36-15-6-7-17-39(36)46)47-30-29-43-53-50(32-31-49-52(53)42-19-9-11-22-48(42)57-49)58-54(43)51(47)37-25-23-35(24-26-37)34-13-4-3-5-14-34/h3-33H,1-2H3. The van der Waals surface area contributed by atoms with Crippen LogP contribution in [0.5, 0.6) is 0 Å². The van der Waals surface area contributed by atoms with Gasteiger partial charge in [-0.15, -0.1) is 0 Å². The number of furan rings is 2. The molecule has 2 aromatic heterocycles. The second-order valence-electron chi connectivity index (χ2n) is 16.0. The van der Waals surface area contributed by atoms with E-state index in [-0.39, 0.29) is 5.41 Å². The molecule has 0 saturated carbocycles. The minimum absolute atomic E-state index is 0.163. The summed E-state index contributed by atoms with van der Waals surface area (Å²) in [5.41, 5.74) is 16.2. The van der Waals surface area contributed by atoms with E-state index in [1.54, 1.807) is 0 Å². The van der Waals surface area contributed by atoms with E-state index in [1.165, 1.54) is 44.2 Å². The lowest BCUT2D eigenvalue weighted by molar-refractivity contribution is 0.660. The minimum atomic E-state index is -0.163. The van der Waals surface area contributed by atoms with Gasteiger partial charge < -0.3 is 13.7 Å². The van der Waals surface area contributed by atoms with Gasteiger partial charge in [-0.25, -0.2) is 0 Å². The SMILES string of the molecule is CC1(C)c2ccccc2-c2ccc(N(c3ccc4c(oc5ccc6oc7ccccc7c6c54)c3-c3ccc(-c4ccccc4)cc3)c3cccc4ccccc34)cc21. The Morgan fingerprint density at radius 2 is 1.07 bits per heavy atom. The normalized spacial score (nSPS) is 13.1. The molecule has 274 valence electrons. The monoisotopic (exact) mass is 743 g/mol. The van der Waals surface area contributed by atoms with E-state index in [4.69, 9.17) is 8.83 Å². The minimum Gasteiger partial charge on any atom is -0.456 e. The smallest absolute Gasteiger partial charge is 0.145 e. The lowest BCUT2D eigenvalue weighted by Crippen LogP contribution is -2.17. The highest BCUT2D eigenvalue weighted by atomic mass is 16.3. The van der Waals surface area contributed by atoms with Gasteiger partial charge in [0.2, 0.25) is 0 Å². The fourth-order valence-corrected chi connectivity index (χ4v) is 9.70. The maximum Gasteiger partial charge on any atom is 0.145 e. The summed E-state index contributed by atoms with van der Waals surface area (Å²) < 4.78 is 13.5. The lowest BCUT2D eigenvalue weighted by Gasteiger charge is -2.30. The van der Waals surface area contributed by atoms with E-state index in [1.807, 2.05) is 18.2 Å². The van der Waals surface area contributed by atoms with Crippen molar-refractivity contribution in [1.82, 2.24) is 0 Å². The summed E-state index contributed by atoms with van der Waals surface area (Å²) in [7, 11) is 0. The molecular weight excluding hydrogens is 707 g/mol. The molecule has 2 heterocycles. The number of nitrogens with zero attached hydrogens (tertiary/aromatic N) is 1. The van der Waals surface area contributed by atoms with Crippen LogP contribution in [0.25, 0.3) is 88.0 Å². The predicted octanol–water partition coefficient (Wildman–Crippen LogP) is 15.7. The van der Waals surface area contributed by atoms with Crippen LogP contribution in [0.2, 0.25) is 0 Å². The third-order valence-corrected chi connectivity index (χ3v) is 12.5.